The van der Waals surface area contributed by atoms with Gasteiger partial charge in [-0.15, -0.1) is 0 Å². The first kappa shape index (κ1) is 16.3. The van der Waals surface area contributed by atoms with Crippen LogP contribution in [0.5, 0.6) is 5.75 Å². The number of piperidine rings is 1. The quantitative estimate of drug-likeness (QED) is 0.842. The van der Waals surface area contributed by atoms with Gasteiger partial charge in [-0.25, -0.2) is 0 Å². The van der Waals surface area contributed by atoms with Gasteiger partial charge in [0.25, 0.3) is 0 Å². The van der Waals surface area contributed by atoms with Crippen molar-refractivity contribution in [1.29, 1.82) is 0 Å². The third kappa shape index (κ3) is 4.99. The first-order valence-corrected chi connectivity index (χ1v) is 7.92. The molecule has 4 nitrogen and oxygen atoms in total. The molecule has 1 aliphatic rings. The van der Waals surface area contributed by atoms with E-state index < -0.39 is 6.10 Å². The first-order valence-electron chi connectivity index (χ1n) is 7.92. The molecular formula is C17H28N2O2. The summed E-state index contributed by atoms with van der Waals surface area (Å²) in [6.07, 6.45) is 1.98. The van der Waals surface area contributed by atoms with Crippen LogP contribution in [-0.4, -0.2) is 41.8 Å². The molecule has 3 atom stereocenters. The fraction of sp³-hybridized carbons (Fsp3) is 0.647. The Kier molecular flexibility index (Phi) is 6.03. The van der Waals surface area contributed by atoms with E-state index in [0.29, 0.717) is 25.7 Å². The number of hydrogen-bond acceptors (Lipinski definition) is 4. The summed E-state index contributed by atoms with van der Waals surface area (Å²) in [6.45, 7) is 7.13. The normalized spacial score (nSPS) is 24.8. The standard InChI is InChI=1S/C17H28N2O2/c1-13-6-7-19(14(2)8-13)11-16(20)12-21-17-5-3-4-15(9-17)10-18/h3-5,9,13-14,16,20H,6-8,10-12,18H2,1-2H3. The van der Waals surface area contributed by atoms with E-state index in [9.17, 15) is 5.11 Å². The molecule has 1 aromatic rings. The lowest BCUT2D eigenvalue weighted by molar-refractivity contribution is 0.0354. The molecule has 3 N–H and O–H groups in total. The molecule has 4 heteroatoms. The molecule has 1 heterocycles. The van der Waals surface area contributed by atoms with E-state index in [0.717, 1.165) is 23.8 Å². The molecule has 0 bridgehead atoms. The maximum atomic E-state index is 10.2. The van der Waals surface area contributed by atoms with Crippen molar-refractivity contribution in [3.8, 4) is 5.75 Å². The molecule has 0 aromatic heterocycles. The minimum absolute atomic E-state index is 0.326. The highest BCUT2D eigenvalue weighted by molar-refractivity contribution is 5.28. The number of β-amino-alcohol motifs (C(OH)–C–C–N with tert-alkyl or cyclic N) is 1. The van der Waals surface area contributed by atoms with Gasteiger partial charge >= 0.3 is 0 Å². The van der Waals surface area contributed by atoms with Gasteiger partial charge in [-0.3, -0.25) is 4.90 Å². The third-order valence-corrected chi connectivity index (χ3v) is 4.30. The number of likely N-dealkylation sites (tertiary alicyclic amines) is 1. The van der Waals surface area contributed by atoms with Crippen molar-refractivity contribution in [3.63, 3.8) is 0 Å². The van der Waals surface area contributed by atoms with E-state index in [1.54, 1.807) is 0 Å². The second kappa shape index (κ2) is 7.78. The van der Waals surface area contributed by atoms with Gasteiger partial charge in [0.1, 0.15) is 18.5 Å². The molecule has 3 unspecified atom stereocenters. The number of ether oxygens (including phenoxy) is 1. The number of benzene rings is 1. The van der Waals surface area contributed by atoms with Crippen molar-refractivity contribution in [1.82, 2.24) is 4.90 Å². The van der Waals surface area contributed by atoms with Gasteiger partial charge in [0.2, 0.25) is 0 Å². The molecular weight excluding hydrogens is 264 g/mol. The van der Waals surface area contributed by atoms with Gasteiger partial charge in [-0.1, -0.05) is 19.1 Å². The molecule has 1 aromatic carbocycles. The Morgan fingerprint density at radius 1 is 1.43 bits per heavy atom. The highest BCUT2D eigenvalue weighted by Crippen LogP contribution is 2.22. The summed E-state index contributed by atoms with van der Waals surface area (Å²) in [4.78, 5) is 2.37. The zero-order chi connectivity index (χ0) is 15.2. The smallest absolute Gasteiger partial charge is 0.119 e. The highest BCUT2D eigenvalue weighted by Gasteiger charge is 2.24. The number of rotatable bonds is 6. The molecule has 0 amide bonds. The zero-order valence-corrected chi connectivity index (χ0v) is 13.2. The first-order chi connectivity index (χ1) is 10.1. The monoisotopic (exact) mass is 292 g/mol. The van der Waals surface area contributed by atoms with Crippen LogP contribution in [0.1, 0.15) is 32.3 Å². The van der Waals surface area contributed by atoms with Crippen LogP contribution in [0, 0.1) is 5.92 Å². The SMILES string of the molecule is CC1CCN(CC(O)COc2cccc(CN)c2)C(C)C1. The molecule has 0 aliphatic carbocycles. The molecule has 1 aliphatic heterocycles. The number of nitrogens with two attached hydrogens (primary N) is 1. The third-order valence-electron chi connectivity index (χ3n) is 4.30. The van der Waals surface area contributed by atoms with E-state index in [4.69, 9.17) is 10.5 Å². The second-order valence-corrected chi connectivity index (χ2v) is 6.29. The Hall–Kier alpha value is -1.10. The zero-order valence-electron chi connectivity index (χ0n) is 13.2. The van der Waals surface area contributed by atoms with Crippen molar-refractivity contribution in [2.75, 3.05) is 19.7 Å². The van der Waals surface area contributed by atoms with Crippen LogP contribution in [0.4, 0.5) is 0 Å². The second-order valence-electron chi connectivity index (χ2n) is 6.29. The van der Waals surface area contributed by atoms with Crippen LogP contribution in [0.15, 0.2) is 24.3 Å². The van der Waals surface area contributed by atoms with Gasteiger partial charge in [0, 0.05) is 19.1 Å². The number of nitrogens with zero attached hydrogens (tertiary/aromatic N) is 1. The molecule has 1 fully saturated rings. The summed E-state index contributed by atoms with van der Waals surface area (Å²) < 4.78 is 5.68. The molecule has 1 saturated heterocycles. The van der Waals surface area contributed by atoms with E-state index >= 15 is 0 Å². The molecule has 0 radical (unpaired) electrons. The molecule has 118 valence electrons. The van der Waals surface area contributed by atoms with Gasteiger partial charge < -0.3 is 15.6 Å². The Morgan fingerprint density at radius 3 is 2.95 bits per heavy atom. The molecule has 0 saturated carbocycles. The topological polar surface area (TPSA) is 58.7 Å². The number of hydrogen-bond donors (Lipinski definition) is 2. The van der Waals surface area contributed by atoms with E-state index in [2.05, 4.69) is 18.7 Å². The molecule has 2 rings (SSSR count). The lowest BCUT2D eigenvalue weighted by Gasteiger charge is -2.37. The summed E-state index contributed by atoms with van der Waals surface area (Å²) >= 11 is 0. The summed E-state index contributed by atoms with van der Waals surface area (Å²) in [5, 5.41) is 10.2. The summed E-state index contributed by atoms with van der Waals surface area (Å²) in [5.41, 5.74) is 6.66. The highest BCUT2D eigenvalue weighted by atomic mass is 16.5. The summed E-state index contributed by atoms with van der Waals surface area (Å²) in [6, 6.07) is 8.27. The van der Waals surface area contributed by atoms with Crippen LogP contribution in [-0.2, 0) is 6.54 Å². The van der Waals surface area contributed by atoms with Crippen molar-refractivity contribution in [2.45, 2.75) is 45.4 Å². The van der Waals surface area contributed by atoms with Crippen LogP contribution in [0.25, 0.3) is 0 Å². The fourth-order valence-corrected chi connectivity index (χ4v) is 3.01. The van der Waals surface area contributed by atoms with Crippen molar-refractivity contribution in [2.24, 2.45) is 11.7 Å². The Bertz CT molecular complexity index is 439. The minimum Gasteiger partial charge on any atom is -0.491 e. The van der Waals surface area contributed by atoms with Gasteiger partial charge in [0.15, 0.2) is 0 Å². The van der Waals surface area contributed by atoms with Crippen molar-refractivity contribution >= 4 is 0 Å². The molecule has 0 spiro atoms. The van der Waals surface area contributed by atoms with Crippen LogP contribution >= 0.6 is 0 Å². The Morgan fingerprint density at radius 2 is 2.24 bits per heavy atom. The summed E-state index contributed by atoms with van der Waals surface area (Å²) in [7, 11) is 0. The lowest BCUT2D eigenvalue weighted by atomic mass is 9.93. The predicted molar refractivity (Wildman–Crippen MR) is 85.3 cm³/mol. The van der Waals surface area contributed by atoms with Crippen LogP contribution < -0.4 is 10.5 Å². The predicted octanol–water partition coefficient (Wildman–Crippen LogP) is 2.01. The number of aliphatic hydroxyl groups is 1. The van der Waals surface area contributed by atoms with Gasteiger partial charge in [-0.05, 0) is 49.9 Å². The van der Waals surface area contributed by atoms with Gasteiger partial charge in [-0.2, -0.15) is 0 Å². The fourth-order valence-electron chi connectivity index (χ4n) is 3.01. The van der Waals surface area contributed by atoms with E-state index in [-0.39, 0.29) is 0 Å². The average Bonchev–Trinajstić information content (AvgIpc) is 2.48. The Labute approximate surface area is 127 Å². The Balaban J connectivity index is 1.77. The lowest BCUT2D eigenvalue weighted by Crippen LogP contribution is -2.45. The van der Waals surface area contributed by atoms with E-state index in [1.165, 1.54) is 12.8 Å². The van der Waals surface area contributed by atoms with Crippen LogP contribution in [0.2, 0.25) is 0 Å². The van der Waals surface area contributed by atoms with Crippen molar-refractivity contribution < 1.29 is 9.84 Å². The number of aliphatic hydroxyl groups excluding tert-OH is 1. The molecule has 21 heavy (non-hydrogen) atoms. The van der Waals surface area contributed by atoms with E-state index in [1.807, 2.05) is 24.3 Å². The minimum atomic E-state index is -0.456. The van der Waals surface area contributed by atoms with Gasteiger partial charge in [0.05, 0.1) is 0 Å². The van der Waals surface area contributed by atoms with Crippen molar-refractivity contribution in [3.05, 3.63) is 29.8 Å². The van der Waals surface area contributed by atoms with Crippen LogP contribution in [0.3, 0.4) is 0 Å². The maximum absolute atomic E-state index is 10.2. The largest absolute Gasteiger partial charge is 0.491 e. The maximum Gasteiger partial charge on any atom is 0.119 e. The summed E-state index contributed by atoms with van der Waals surface area (Å²) in [5.74, 6) is 1.57. The average molecular weight is 292 g/mol.